The minimum atomic E-state index is -3.95. The van der Waals surface area contributed by atoms with Crippen LogP contribution in [0.15, 0.2) is 40.6 Å². The van der Waals surface area contributed by atoms with Crippen LogP contribution in [-0.2, 0) is 24.7 Å². The van der Waals surface area contributed by atoms with Crippen molar-refractivity contribution in [3.05, 3.63) is 41.6 Å². The largest absolute Gasteiger partial charge is 0.340 e. The lowest BCUT2D eigenvalue weighted by molar-refractivity contribution is -0.132. The summed E-state index contributed by atoms with van der Waals surface area (Å²) in [7, 11) is -7.16. The van der Waals surface area contributed by atoms with Gasteiger partial charge in [-0.3, -0.25) is 4.79 Å². The monoisotopic (exact) mass is 402 g/mol. The fourth-order valence-electron chi connectivity index (χ4n) is 3.09. The van der Waals surface area contributed by atoms with Crippen molar-refractivity contribution in [3.8, 4) is 0 Å². The van der Waals surface area contributed by atoms with Crippen LogP contribution < -0.4 is 0 Å². The molecule has 1 saturated heterocycles. The summed E-state index contributed by atoms with van der Waals surface area (Å²) in [6.07, 6.45) is 1.60. The fourth-order valence-corrected chi connectivity index (χ4v) is 5.98. The van der Waals surface area contributed by atoms with Crippen LogP contribution in [-0.4, -0.2) is 63.9 Å². The minimum Gasteiger partial charge on any atom is -0.340 e. The molecule has 0 aliphatic carbocycles. The average Bonchev–Trinajstić information content (AvgIpc) is 2.93. The van der Waals surface area contributed by atoms with Crippen molar-refractivity contribution in [1.82, 2.24) is 9.21 Å². The Hall–Kier alpha value is -1.78. The van der Waals surface area contributed by atoms with Gasteiger partial charge < -0.3 is 4.90 Å². The Morgan fingerprint density at radius 3 is 2.38 bits per heavy atom. The third-order valence-corrected chi connectivity index (χ3v) is 7.88. The number of hydrogen-bond acceptors (Lipinski definition) is 5. The Bertz CT molecular complexity index is 935. The van der Waals surface area contributed by atoms with E-state index in [1.54, 1.807) is 0 Å². The molecule has 2 aliphatic heterocycles. The van der Waals surface area contributed by atoms with Crippen molar-refractivity contribution in [2.24, 2.45) is 5.92 Å². The summed E-state index contributed by atoms with van der Waals surface area (Å²) in [6, 6.07) is 5.19. The highest BCUT2D eigenvalue weighted by Gasteiger charge is 2.33. The van der Waals surface area contributed by atoms with Crippen molar-refractivity contribution in [2.75, 3.05) is 31.9 Å². The summed E-state index contributed by atoms with van der Waals surface area (Å²) in [5.41, 5.74) is 0. The molecule has 2 heterocycles. The molecule has 0 N–H and O–H groups in total. The number of sulfonamides is 1. The lowest BCUT2D eigenvalue weighted by atomic mass is 10.1. The lowest BCUT2D eigenvalue weighted by Crippen LogP contribution is -2.50. The first-order valence-corrected chi connectivity index (χ1v) is 11.3. The van der Waals surface area contributed by atoms with Crippen molar-refractivity contribution in [1.29, 1.82) is 0 Å². The molecular weight excluding hydrogens is 383 g/mol. The van der Waals surface area contributed by atoms with Crippen LogP contribution in [0, 0.1) is 11.7 Å². The molecule has 26 heavy (non-hydrogen) atoms. The zero-order valence-electron chi connectivity index (χ0n) is 13.9. The molecule has 2 aliphatic rings. The van der Waals surface area contributed by atoms with E-state index in [2.05, 4.69) is 0 Å². The number of amides is 1. The summed E-state index contributed by atoms with van der Waals surface area (Å²) >= 11 is 0. The van der Waals surface area contributed by atoms with Crippen LogP contribution in [0.5, 0.6) is 0 Å². The van der Waals surface area contributed by atoms with Gasteiger partial charge in [0, 0.05) is 43.9 Å². The lowest BCUT2D eigenvalue weighted by Gasteiger charge is -2.34. The van der Waals surface area contributed by atoms with Crippen LogP contribution in [0.25, 0.3) is 0 Å². The van der Waals surface area contributed by atoms with E-state index in [1.807, 2.05) is 0 Å². The van der Waals surface area contributed by atoms with Crippen LogP contribution in [0.3, 0.4) is 0 Å². The van der Waals surface area contributed by atoms with Gasteiger partial charge in [-0.05, 0) is 12.1 Å². The maximum Gasteiger partial charge on any atom is 0.246 e. The molecule has 7 nitrogen and oxygen atoms in total. The standard InChI is InChI=1S/C16H19FN2O5S2/c17-14-3-1-2-4-15(14)26(23,24)19-8-6-18(7-9-19)16(20)11-13-5-10-25(21,22)12-13/h1-5,10,13H,6-9,11-12H2. The molecular formula is C16H19FN2O5S2. The SMILES string of the molecule is O=C(CC1C=CS(=O)(=O)C1)N1CCN(S(=O)(=O)c2ccccc2F)CC1. The van der Waals surface area contributed by atoms with E-state index >= 15 is 0 Å². The molecule has 0 saturated carbocycles. The van der Waals surface area contributed by atoms with Gasteiger partial charge in [-0.2, -0.15) is 4.31 Å². The number of piperazine rings is 1. The van der Waals surface area contributed by atoms with E-state index in [9.17, 15) is 26.0 Å². The van der Waals surface area contributed by atoms with Crippen molar-refractivity contribution in [3.63, 3.8) is 0 Å². The molecule has 1 amide bonds. The Labute approximate surface area is 152 Å². The third kappa shape index (κ3) is 3.97. The van der Waals surface area contributed by atoms with E-state index in [0.29, 0.717) is 0 Å². The van der Waals surface area contributed by atoms with E-state index in [4.69, 9.17) is 0 Å². The maximum atomic E-state index is 13.8. The quantitative estimate of drug-likeness (QED) is 0.736. The Kier molecular flexibility index (Phi) is 5.18. The molecule has 1 aromatic rings. The van der Waals surface area contributed by atoms with Gasteiger partial charge in [-0.25, -0.2) is 21.2 Å². The third-order valence-electron chi connectivity index (χ3n) is 4.49. The molecule has 3 rings (SSSR count). The van der Waals surface area contributed by atoms with Gasteiger partial charge in [0.05, 0.1) is 5.75 Å². The number of carbonyl (C=O) groups excluding carboxylic acids is 1. The Balaban J connectivity index is 1.60. The van der Waals surface area contributed by atoms with E-state index in [-0.39, 0.29) is 55.1 Å². The van der Waals surface area contributed by atoms with Gasteiger partial charge in [-0.15, -0.1) is 0 Å². The molecule has 0 aromatic heterocycles. The predicted molar refractivity (Wildman–Crippen MR) is 92.8 cm³/mol. The van der Waals surface area contributed by atoms with Crippen molar-refractivity contribution in [2.45, 2.75) is 11.3 Å². The fraction of sp³-hybridized carbons (Fsp3) is 0.438. The van der Waals surface area contributed by atoms with Crippen molar-refractivity contribution >= 4 is 25.8 Å². The van der Waals surface area contributed by atoms with E-state index in [1.165, 1.54) is 29.2 Å². The number of halogens is 1. The Morgan fingerprint density at radius 2 is 1.81 bits per heavy atom. The zero-order chi connectivity index (χ0) is 18.9. The van der Waals surface area contributed by atoms with Crippen LogP contribution in [0.2, 0.25) is 0 Å². The van der Waals surface area contributed by atoms with Gasteiger partial charge in [0.2, 0.25) is 15.9 Å². The normalized spacial score (nSPS) is 23.3. The summed E-state index contributed by atoms with van der Waals surface area (Å²) in [5, 5.41) is 1.13. The predicted octanol–water partition coefficient (Wildman–Crippen LogP) is 0.607. The van der Waals surface area contributed by atoms with Crippen molar-refractivity contribution < 1.29 is 26.0 Å². The maximum absolute atomic E-state index is 13.8. The molecule has 10 heteroatoms. The van der Waals surface area contributed by atoms with Crippen LogP contribution in [0.4, 0.5) is 4.39 Å². The molecule has 1 aromatic carbocycles. The van der Waals surface area contributed by atoms with Gasteiger partial charge in [0.25, 0.3) is 0 Å². The molecule has 0 spiro atoms. The number of hydrogen-bond donors (Lipinski definition) is 0. The zero-order valence-corrected chi connectivity index (χ0v) is 15.5. The highest BCUT2D eigenvalue weighted by molar-refractivity contribution is 7.94. The van der Waals surface area contributed by atoms with Crippen LogP contribution >= 0.6 is 0 Å². The van der Waals surface area contributed by atoms with E-state index in [0.717, 1.165) is 15.8 Å². The number of carbonyl (C=O) groups is 1. The average molecular weight is 402 g/mol. The topological polar surface area (TPSA) is 91.8 Å². The number of sulfone groups is 1. The first-order chi connectivity index (χ1) is 12.2. The number of allylic oxidation sites excluding steroid dienone is 1. The summed E-state index contributed by atoms with van der Waals surface area (Å²) in [5.74, 6) is -1.42. The highest BCUT2D eigenvalue weighted by Crippen LogP contribution is 2.22. The first kappa shape index (κ1) is 19.0. The number of rotatable bonds is 4. The van der Waals surface area contributed by atoms with Gasteiger partial charge in [0.15, 0.2) is 9.84 Å². The summed E-state index contributed by atoms with van der Waals surface area (Å²) in [4.78, 5) is 13.5. The second-order valence-corrected chi connectivity index (χ2v) is 10.2. The smallest absolute Gasteiger partial charge is 0.246 e. The number of benzene rings is 1. The molecule has 1 unspecified atom stereocenters. The first-order valence-electron chi connectivity index (χ1n) is 8.12. The molecule has 0 bridgehead atoms. The second-order valence-electron chi connectivity index (χ2n) is 6.34. The molecule has 142 valence electrons. The molecule has 1 fully saturated rings. The van der Waals surface area contributed by atoms with Gasteiger partial charge in [-0.1, -0.05) is 18.2 Å². The van der Waals surface area contributed by atoms with Gasteiger partial charge in [0.1, 0.15) is 10.7 Å². The summed E-state index contributed by atoms with van der Waals surface area (Å²) in [6.45, 7) is 0.522. The van der Waals surface area contributed by atoms with E-state index < -0.39 is 25.7 Å². The molecule has 0 radical (unpaired) electrons. The molecule has 1 atom stereocenters. The highest BCUT2D eigenvalue weighted by atomic mass is 32.2. The van der Waals surface area contributed by atoms with Gasteiger partial charge >= 0.3 is 0 Å². The van der Waals surface area contributed by atoms with Crippen LogP contribution in [0.1, 0.15) is 6.42 Å². The second kappa shape index (κ2) is 7.09. The Morgan fingerprint density at radius 1 is 1.15 bits per heavy atom. The number of nitrogens with zero attached hydrogens (tertiary/aromatic N) is 2. The summed E-state index contributed by atoms with van der Waals surface area (Å²) < 4.78 is 62.9. The minimum absolute atomic E-state index is 0.0691.